The quantitative estimate of drug-likeness (QED) is 0.894. The van der Waals surface area contributed by atoms with Crippen molar-refractivity contribution in [3.8, 4) is 11.5 Å². The first-order valence-electron chi connectivity index (χ1n) is 6.12. The maximum absolute atomic E-state index is 6.25. The number of nitrogens with two attached hydrogens (primary N) is 1. The maximum Gasteiger partial charge on any atom is 0.165 e. The van der Waals surface area contributed by atoms with E-state index in [2.05, 4.69) is 4.98 Å². The Balaban J connectivity index is 2.26. The number of pyridine rings is 1. The highest BCUT2D eigenvalue weighted by atomic mass is 16.5. The van der Waals surface area contributed by atoms with E-state index in [9.17, 15) is 0 Å². The van der Waals surface area contributed by atoms with E-state index in [1.165, 1.54) is 0 Å². The fourth-order valence-electron chi connectivity index (χ4n) is 2.06. The van der Waals surface area contributed by atoms with Gasteiger partial charge in [0.25, 0.3) is 0 Å². The molecule has 0 aliphatic rings. The molecule has 0 saturated carbocycles. The van der Waals surface area contributed by atoms with Crippen molar-refractivity contribution < 1.29 is 9.47 Å². The molecule has 1 unspecified atom stereocenters. The first kappa shape index (κ1) is 13.4. The Bertz CT molecular complexity index is 529. The van der Waals surface area contributed by atoms with Crippen LogP contribution in [0.25, 0.3) is 0 Å². The normalized spacial score (nSPS) is 11.9. The van der Waals surface area contributed by atoms with Gasteiger partial charge in [-0.2, -0.15) is 0 Å². The van der Waals surface area contributed by atoms with Crippen LogP contribution in [0.3, 0.4) is 0 Å². The van der Waals surface area contributed by atoms with Gasteiger partial charge in [0.2, 0.25) is 0 Å². The largest absolute Gasteiger partial charge is 0.493 e. The molecule has 1 aromatic heterocycles. The molecular formula is C15H18N2O2. The van der Waals surface area contributed by atoms with E-state index < -0.39 is 0 Å². The van der Waals surface area contributed by atoms with Crippen LogP contribution in [0.4, 0.5) is 0 Å². The summed E-state index contributed by atoms with van der Waals surface area (Å²) in [5.41, 5.74) is 8.13. The highest BCUT2D eigenvalue weighted by Crippen LogP contribution is 2.34. The standard InChI is InChI=1S/C15H18N2O2/c1-18-14-8-5-7-12(15(14)19-2)13(16)10-11-6-3-4-9-17-11/h3-9,13H,10,16H2,1-2H3. The van der Waals surface area contributed by atoms with Gasteiger partial charge in [0.15, 0.2) is 11.5 Å². The SMILES string of the molecule is COc1cccc(C(N)Cc2ccccn2)c1OC. The molecule has 2 aromatic rings. The summed E-state index contributed by atoms with van der Waals surface area (Å²) >= 11 is 0. The number of nitrogens with zero attached hydrogens (tertiary/aromatic N) is 1. The average Bonchev–Trinajstić information content (AvgIpc) is 2.47. The minimum absolute atomic E-state index is 0.181. The molecule has 1 atom stereocenters. The summed E-state index contributed by atoms with van der Waals surface area (Å²) in [5.74, 6) is 1.38. The van der Waals surface area contributed by atoms with Crippen LogP contribution in [-0.4, -0.2) is 19.2 Å². The lowest BCUT2D eigenvalue weighted by Crippen LogP contribution is -2.15. The summed E-state index contributed by atoms with van der Waals surface area (Å²) in [4.78, 5) is 4.29. The molecule has 0 radical (unpaired) electrons. The Morgan fingerprint density at radius 3 is 2.58 bits per heavy atom. The van der Waals surface area contributed by atoms with Gasteiger partial charge in [-0.1, -0.05) is 18.2 Å². The molecule has 4 heteroatoms. The lowest BCUT2D eigenvalue weighted by Gasteiger charge is -2.17. The summed E-state index contributed by atoms with van der Waals surface area (Å²) < 4.78 is 10.7. The van der Waals surface area contributed by atoms with Crippen molar-refractivity contribution >= 4 is 0 Å². The second-order valence-electron chi connectivity index (χ2n) is 4.21. The first-order chi connectivity index (χ1) is 9.26. The zero-order valence-electron chi connectivity index (χ0n) is 11.2. The van der Waals surface area contributed by atoms with E-state index in [-0.39, 0.29) is 6.04 Å². The molecule has 0 saturated heterocycles. The summed E-state index contributed by atoms with van der Waals surface area (Å²) in [6, 6.07) is 11.4. The highest BCUT2D eigenvalue weighted by Gasteiger charge is 2.16. The number of ether oxygens (including phenoxy) is 2. The fraction of sp³-hybridized carbons (Fsp3) is 0.267. The molecule has 2 N–H and O–H groups in total. The Morgan fingerprint density at radius 2 is 1.95 bits per heavy atom. The van der Waals surface area contributed by atoms with Crippen LogP contribution in [0.1, 0.15) is 17.3 Å². The van der Waals surface area contributed by atoms with Crippen molar-refractivity contribution in [3.05, 3.63) is 53.9 Å². The zero-order chi connectivity index (χ0) is 13.7. The second kappa shape index (κ2) is 6.20. The molecule has 0 bridgehead atoms. The summed E-state index contributed by atoms with van der Waals surface area (Å²) in [5, 5.41) is 0. The molecule has 0 aliphatic heterocycles. The molecule has 0 fully saturated rings. The number of aromatic nitrogens is 1. The predicted molar refractivity (Wildman–Crippen MR) is 74.4 cm³/mol. The monoisotopic (exact) mass is 258 g/mol. The molecule has 0 aliphatic carbocycles. The van der Waals surface area contributed by atoms with Gasteiger partial charge in [-0.3, -0.25) is 4.98 Å². The number of benzene rings is 1. The lowest BCUT2D eigenvalue weighted by molar-refractivity contribution is 0.349. The average molecular weight is 258 g/mol. The molecule has 0 amide bonds. The second-order valence-corrected chi connectivity index (χ2v) is 4.21. The Hall–Kier alpha value is -2.07. The summed E-state index contributed by atoms with van der Waals surface area (Å²) in [6.45, 7) is 0. The van der Waals surface area contributed by atoms with Gasteiger partial charge in [0.1, 0.15) is 0 Å². The highest BCUT2D eigenvalue weighted by molar-refractivity contribution is 5.48. The third-order valence-electron chi connectivity index (χ3n) is 2.99. The van der Waals surface area contributed by atoms with Crippen molar-refractivity contribution in [2.75, 3.05) is 14.2 Å². The molecule has 100 valence electrons. The van der Waals surface area contributed by atoms with E-state index in [0.717, 1.165) is 11.3 Å². The fourth-order valence-corrected chi connectivity index (χ4v) is 2.06. The summed E-state index contributed by atoms with van der Waals surface area (Å²) in [6.07, 6.45) is 2.43. The van der Waals surface area contributed by atoms with E-state index in [4.69, 9.17) is 15.2 Å². The number of methoxy groups -OCH3 is 2. The topological polar surface area (TPSA) is 57.4 Å². The van der Waals surface area contributed by atoms with E-state index in [1.54, 1.807) is 20.4 Å². The van der Waals surface area contributed by atoms with Gasteiger partial charge in [0.05, 0.1) is 14.2 Å². The Labute approximate surface area is 113 Å². The van der Waals surface area contributed by atoms with E-state index in [0.29, 0.717) is 17.9 Å². The minimum Gasteiger partial charge on any atom is -0.493 e. The van der Waals surface area contributed by atoms with Crippen LogP contribution in [0, 0.1) is 0 Å². The number of rotatable bonds is 5. The van der Waals surface area contributed by atoms with Crippen LogP contribution < -0.4 is 15.2 Å². The van der Waals surface area contributed by atoms with Crippen LogP contribution in [0.15, 0.2) is 42.6 Å². The van der Waals surface area contributed by atoms with Crippen LogP contribution in [0.5, 0.6) is 11.5 Å². The number of hydrogen-bond donors (Lipinski definition) is 1. The van der Waals surface area contributed by atoms with Gasteiger partial charge in [0, 0.05) is 29.9 Å². The maximum atomic E-state index is 6.25. The number of para-hydroxylation sites is 1. The van der Waals surface area contributed by atoms with Gasteiger partial charge < -0.3 is 15.2 Å². The van der Waals surface area contributed by atoms with Gasteiger partial charge in [-0.25, -0.2) is 0 Å². The Morgan fingerprint density at radius 1 is 1.11 bits per heavy atom. The molecule has 0 spiro atoms. The van der Waals surface area contributed by atoms with Gasteiger partial charge >= 0.3 is 0 Å². The zero-order valence-corrected chi connectivity index (χ0v) is 11.2. The van der Waals surface area contributed by atoms with Crippen molar-refractivity contribution in [1.82, 2.24) is 4.98 Å². The number of hydrogen-bond acceptors (Lipinski definition) is 4. The van der Waals surface area contributed by atoms with Crippen molar-refractivity contribution in [2.24, 2.45) is 5.73 Å². The van der Waals surface area contributed by atoms with Gasteiger partial charge in [-0.15, -0.1) is 0 Å². The molecule has 1 aromatic carbocycles. The van der Waals surface area contributed by atoms with Crippen molar-refractivity contribution in [3.63, 3.8) is 0 Å². The molecular weight excluding hydrogens is 240 g/mol. The predicted octanol–water partition coefficient (Wildman–Crippen LogP) is 2.34. The van der Waals surface area contributed by atoms with Crippen molar-refractivity contribution in [1.29, 1.82) is 0 Å². The van der Waals surface area contributed by atoms with Crippen LogP contribution >= 0.6 is 0 Å². The molecule has 2 rings (SSSR count). The van der Waals surface area contributed by atoms with E-state index >= 15 is 0 Å². The molecule has 1 heterocycles. The lowest BCUT2D eigenvalue weighted by atomic mass is 10.0. The Kier molecular flexibility index (Phi) is 4.36. The van der Waals surface area contributed by atoms with Crippen molar-refractivity contribution in [2.45, 2.75) is 12.5 Å². The van der Waals surface area contributed by atoms with Crippen LogP contribution in [-0.2, 0) is 6.42 Å². The molecule has 4 nitrogen and oxygen atoms in total. The summed E-state index contributed by atoms with van der Waals surface area (Å²) in [7, 11) is 3.24. The minimum atomic E-state index is -0.181. The van der Waals surface area contributed by atoms with Gasteiger partial charge in [-0.05, 0) is 18.2 Å². The smallest absolute Gasteiger partial charge is 0.165 e. The third kappa shape index (κ3) is 3.03. The van der Waals surface area contributed by atoms with Crippen LogP contribution in [0.2, 0.25) is 0 Å². The van der Waals surface area contributed by atoms with E-state index in [1.807, 2.05) is 36.4 Å². The third-order valence-corrected chi connectivity index (χ3v) is 2.99. The molecule has 19 heavy (non-hydrogen) atoms. The first-order valence-corrected chi connectivity index (χ1v) is 6.12.